The number of aldehydes is 1. The maximum atomic E-state index is 12.7. The number of phenols is 1. The minimum absolute atomic E-state index is 0.0815. The van der Waals surface area contributed by atoms with Crippen LogP contribution in [0.5, 0.6) is 5.75 Å². The van der Waals surface area contributed by atoms with Crippen molar-refractivity contribution in [3.8, 4) is 5.75 Å². The van der Waals surface area contributed by atoms with Crippen molar-refractivity contribution in [1.82, 2.24) is 15.1 Å². The van der Waals surface area contributed by atoms with E-state index in [-0.39, 0.29) is 23.4 Å². The first-order valence-electron chi connectivity index (χ1n) is 16.0. The van der Waals surface area contributed by atoms with Crippen LogP contribution < -0.4 is 5.32 Å². The van der Waals surface area contributed by atoms with Gasteiger partial charge in [-0.05, 0) is 76.6 Å². The largest absolute Gasteiger partial charge is 0.508 e. The average Bonchev–Trinajstić information content (AvgIpc) is 3.07. The second kappa shape index (κ2) is 18.9. The second-order valence-corrected chi connectivity index (χ2v) is 11.9. The van der Waals surface area contributed by atoms with Crippen LogP contribution in [0.15, 0.2) is 48.5 Å². The molecule has 0 atom stereocenters. The molecule has 9 heteroatoms. The molecule has 244 valence electrons. The highest BCUT2D eigenvalue weighted by molar-refractivity contribution is 5.94. The van der Waals surface area contributed by atoms with Crippen LogP contribution in [-0.4, -0.2) is 107 Å². The Bertz CT molecular complexity index is 1110. The maximum absolute atomic E-state index is 12.7. The minimum atomic E-state index is -0.327. The first-order chi connectivity index (χ1) is 21.3. The lowest BCUT2D eigenvalue weighted by Gasteiger charge is -2.42. The summed E-state index contributed by atoms with van der Waals surface area (Å²) in [5, 5.41) is 13.6. The number of piperidine rings is 1. The molecule has 2 aliphatic rings. The lowest BCUT2D eigenvalue weighted by molar-refractivity contribution is -0.118. The second-order valence-electron chi connectivity index (χ2n) is 11.9. The number of benzene rings is 2. The summed E-state index contributed by atoms with van der Waals surface area (Å²) >= 11 is 0. The van der Waals surface area contributed by atoms with Crippen molar-refractivity contribution in [2.24, 2.45) is 0 Å². The predicted octanol–water partition coefficient (Wildman–Crippen LogP) is 4.61. The van der Waals surface area contributed by atoms with E-state index in [0.717, 1.165) is 55.9 Å². The summed E-state index contributed by atoms with van der Waals surface area (Å²) in [6.07, 6.45) is 9.64. The third kappa shape index (κ3) is 10.4. The first kappa shape index (κ1) is 35.7. The number of hydrogen-bond acceptors (Lipinski definition) is 8. The van der Waals surface area contributed by atoms with Crippen molar-refractivity contribution in [3.05, 3.63) is 65.2 Å². The molecule has 0 radical (unpaired) electrons. The van der Waals surface area contributed by atoms with Gasteiger partial charge in [-0.25, -0.2) is 0 Å². The van der Waals surface area contributed by atoms with E-state index in [1.54, 1.807) is 26.4 Å². The fourth-order valence-electron chi connectivity index (χ4n) is 6.26. The van der Waals surface area contributed by atoms with E-state index >= 15 is 0 Å². The number of hydrogen-bond donors (Lipinski definition) is 2. The molecule has 2 aromatic carbocycles. The zero-order chi connectivity index (χ0) is 31.8. The summed E-state index contributed by atoms with van der Waals surface area (Å²) in [4.78, 5) is 27.6. The zero-order valence-corrected chi connectivity index (χ0v) is 27.1. The van der Waals surface area contributed by atoms with Gasteiger partial charge in [0.1, 0.15) is 12.0 Å². The highest BCUT2D eigenvalue weighted by Crippen LogP contribution is 2.45. The normalized spacial score (nSPS) is 17.2. The van der Waals surface area contributed by atoms with Gasteiger partial charge >= 0.3 is 0 Å². The number of aromatic hydroxyl groups is 1. The SMILES string of the molecule is CN1CCC(c2ccccc2)(c2cc(C(=O)NCCOCCC=O)ccc2O)CC1.COC(CN(C)C1CCCCC1)OC. The van der Waals surface area contributed by atoms with E-state index in [1.165, 1.54) is 32.1 Å². The molecule has 1 saturated carbocycles. The van der Waals surface area contributed by atoms with Gasteiger partial charge in [-0.2, -0.15) is 0 Å². The molecular formula is C35H53N3O6. The number of phenolic OH excluding ortho intramolecular Hbond substituents is 1. The number of likely N-dealkylation sites (N-methyl/N-ethyl adjacent to an activating group) is 1. The van der Waals surface area contributed by atoms with Crippen molar-refractivity contribution in [3.63, 3.8) is 0 Å². The van der Waals surface area contributed by atoms with Gasteiger partial charge in [0.15, 0.2) is 6.29 Å². The van der Waals surface area contributed by atoms with Crippen LogP contribution in [-0.2, 0) is 24.4 Å². The van der Waals surface area contributed by atoms with Gasteiger partial charge in [0.25, 0.3) is 5.91 Å². The topological polar surface area (TPSA) is 101 Å². The van der Waals surface area contributed by atoms with Gasteiger partial charge in [0, 0.05) is 56.3 Å². The number of ether oxygens (including phenoxy) is 3. The molecular weight excluding hydrogens is 558 g/mol. The Morgan fingerprint density at radius 3 is 2.39 bits per heavy atom. The average molecular weight is 612 g/mol. The first-order valence-corrected chi connectivity index (χ1v) is 16.0. The number of nitrogens with zero attached hydrogens (tertiary/aromatic N) is 2. The van der Waals surface area contributed by atoms with Crippen LogP contribution in [0.3, 0.4) is 0 Å². The highest BCUT2D eigenvalue weighted by Gasteiger charge is 2.39. The summed E-state index contributed by atoms with van der Waals surface area (Å²) < 4.78 is 15.7. The third-order valence-corrected chi connectivity index (χ3v) is 9.01. The molecule has 0 spiro atoms. The van der Waals surface area contributed by atoms with Crippen molar-refractivity contribution in [2.45, 2.75) is 69.1 Å². The Kier molecular flexibility index (Phi) is 15.3. The standard InChI is InChI=1S/C24H30N2O4.C11H23NO2/c1-26-13-10-24(11-14-26,20-6-3-2-4-7-20)21-18-19(8-9-22(21)28)23(29)25-12-17-30-16-5-15-27;1-12(9-11(13-2)14-3)10-7-5-4-6-8-10/h2-4,6-9,15,18,28H,5,10-14,16-17H2,1H3,(H,25,29);10-11H,4-9H2,1-3H3. The molecule has 44 heavy (non-hydrogen) atoms. The van der Waals surface area contributed by atoms with E-state index < -0.39 is 0 Å². The number of methoxy groups -OCH3 is 2. The van der Waals surface area contributed by atoms with Crippen molar-refractivity contribution in [2.75, 3.05) is 67.7 Å². The molecule has 0 aromatic heterocycles. The van der Waals surface area contributed by atoms with E-state index in [2.05, 4.69) is 41.3 Å². The number of carbonyl (C=O) groups excluding carboxylic acids is 2. The molecule has 2 N–H and O–H groups in total. The lowest BCUT2D eigenvalue weighted by Crippen LogP contribution is -2.41. The van der Waals surface area contributed by atoms with E-state index in [9.17, 15) is 14.7 Å². The molecule has 0 bridgehead atoms. The smallest absolute Gasteiger partial charge is 0.251 e. The molecule has 1 heterocycles. The lowest BCUT2D eigenvalue weighted by atomic mass is 9.67. The fourth-order valence-corrected chi connectivity index (χ4v) is 6.26. The van der Waals surface area contributed by atoms with E-state index in [0.29, 0.717) is 31.7 Å². The molecule has 1 aliphatic carbocycles. The number of carbonyl (C=O) groups is 2. The minimum Gasteiger partial charge on any atom is -0.508 e. The molecule has 2 aromatic rings. The number of amides is 1. The Hall–Kier alpha value is -2.82. The number of nitrogens with one attached hydrogen (secondary N) is 1. The molecule has 1 saturated heterocycles. The molecule has 1 aliphatic heterocycles. The Morgan fingerprint density at radius 1 is 1.07 bits per heavy atom. The summed E-state index contributed by atoms with van der Waals surface area (Å²) in [5.74, 6) is 0.0172. The van der Waals surface area contributed by atoms with Crippen molar-refractivity contribution < 1.29 is 28.9 Å². The maximum Gasteiger partial charge on any atom is 0.251 e. The van der Waals surface area contributed by atoms with Crippen LogP contribution in [0.1, 0.15) is 72.9 Å². The van der Waals surface area contributed by atoms with Crippen molar-refractivity contribution >= 4 is 12.2 Å². The van der Waals surface area contributed by atoms with Crippen LogP contribution in [0.4, 0.5) is 0 Å². The van der Waals surface area contributed by atoms with Gasteiger partial charge < -0.3 is 34.3 Å². The summed E-state index contributed by atoms with van der Waals surface area (Å²) in [5.41, 5.74) is 2.16. The zero-order valence-electron chi connectivity index (χ0n) is 27.1. The van der Waals surface area contributed by atoms with Crippen molar-refractivity contribution in [1.29, 1.82) is 0 Å². The molecule has 0 unspecified atom stereocenters. The van der Waals surface area contributed by atoms with E-state index in [4.69, 9.17) is 14.2 Å². The van der Waals surface area contributed by atoms with Gasteiger partial charge in [-0.15, -0.1) is 0 Å². The number of likely N-dealkylation sites (tertiary alicyclic amines) is 1. The third-order valence-electron chi connectivity index (χ3n) is 9.01. The Morgan fingerprint density at radius 2 is 1.75 bits per heavy atom. The van der Waals surface area contributed by atoms with E-state index in [1.807, 2.05) is 24.3 Å². The predicted molar refractivity (Wildman–Crippen MR) is 173 cm³/mol. The van der Waals surface area contributed by atoms with Gasteiger partial charge in [-0.3, -0.25) is 9.69 Å². The Balaban J connectivity index is 0.000000317. The van der Waals surface area contributed by atoms with Gasteiger partial charge in [-0.1, -0.05) is 49.6 Å². The molecule has 9 nitrogen and oxygen atoms in total. The summed E-state index contributed by atoms with van der Waals surface area (Å²) in [6.45, 7) is 3.79. The highest BCUT2D eigenvalue weighted by atomic mass is 16.7. The monoisotopic (exact) mass is 611 g/mol. The van der Waals surface area contributed by atoms with Gasteiger partial charge in [0.2, 0.25) is 0 Å². The fraction of sp³-hybridized carbons (Fsp3) is 0.600. The number of rotatable bonds is 14. The van der Waals surface area contributed by atoms with Crippen LogP contribution in [0.2, 0.25) is 0 Å². The summed E-state index contributed by atoms with van der Waals surface area (Å²) in [7, 11) is 7.67. The van der Waals surface area contributed by atoms with Gasteiger partial charge in [0.05, 0.1) is 13.2 Å². The quantitative estimate of drug-likeness (QED) is 0.182. The Labute approximate surface area is 263 Å². The molecule has 4 rings (SSSR count). The summed E-state index contributed by atoms with van der Waals surface area (Å²) in [6, 6.07) is 16.1. The van der Waals surface area contributed by atoms with Crippen LogP contribution in [0.25, 0.3) is 0 Å². The van der Waals surface area contributed by atoms with Crippen LogP contribution >= 0.6 is 0 Å². The van der Waals surface area contributed by atoms with Crippen LogP contribution in [0, 0.1) is 0 Å². The molecule has 1 amide bonds. The molecule has 2 fully saturated rings.